The highest BCUT2D eigenvalue weighted by Gasteiger charge is 2.37. The second kappa shape index (κ2) is 9.33. The molecule has 0 aromatic carbocycles. The third-order valence-electron chi connectivity index (χ3n) is 6.38. The van der Waals surface area contributed by atoms with E-state index in [1.54, 1.807) is 11.6 Å². The van der Waals surface area contributed by atoms with Crippen molar-refractivity contribution in [1.29, 1.82) is 0 Å². The Hall–Kier alpha value is -1.49. The number of likely N-dealkylation sites (tertiary alicyclic amines) is 1. The van der Waals surface area contributed by atoms with Crippen molar-refractivity contribution in [3.63, 3.8) is 0 Å². The van der Waals surface area contributed by atoms with Crippen LogP contribution in [0.15, 0.2) is 17.6 Å². The lowest BCUT2D eigenvalue weighted by Crippen LogP contribution is -2.55. The zero-order chi connectivity index (χ0) is 21.1. The van der Waals surface area contributed by atoms with Gasteiger partial charge >= 0.3 is 0 Å². The zero-order valence-corrected chi connectivity index (χ0v) is 18.5. The molecule has 2 aliphatic heterocycles. The topological polar surface area (TPSA) is 96.8 Å². The summed E-state index contributed by atoms with van der Waals surface area (Å²) in [5.41, 5.74) is 0. The SMILES string of the molecule is Cn1cnc(S(=O)(=O)NCCN(C2CCOCC2)C2CCCN(C(=O)C3CC3)C2)c1. The summed E-state index contributed by atoms with van der Waals surface area (Å²) in [6, 6.07) is 0.628. The van der Waals surface area contributed by atoms with Crippen LogP contribution < -0.4 is 4.72 Å². The van der Waals surface area contributed by atoms with Gasteiger partial charge in [-0.05, 0) is 38.5 Å². The Balaban J connectivity index is 1.40. The summed E-state index contributed by atoms with van der Waals surface area (Å²) in [6.07, 6.45) is 8.97. The number of piperidine rings is 1. The number of aromatic nitrogens is 2. The number of sulfonamides is 1. The molecule has 1 aromatic heterocycles. The van der Waals surface area contributed by atoms with Gasteiger partial charge in [0.05, 0.1) is 6.33 Å². The van der Waals surface area contributed by atoms with Gasteiger partial charge in [0, 0.05) is 70.6 Å². The van der Waals surface area contributed by atoms with Crippen LogP contribution in [0.5, 0.6) is 0 Å². The van der Waals surface area contributed by atoms with Gasteiger partial charge in [0.2, 0.25) is 5.91 Å². The molecule has 0 radical (unpaired) electrons. The maximum absolute atomic E-state index is 12.6. The highest BCUT2D eigenvalue weighted by molar-refractivity contribution is 7.89. The molecule has 1 N–H and O–H groups in total. The fourth-order valence-electron chi connectivity index (χ4n) is 4.60. The van der Waals surface area contributed by atoms with Crippen LogP contribution in [0.3, 0.4) is 0 Å². The van der Waals surface area contributed by atoms with Crippen molar-refractivity contribution in [2.24, 2.45) is 13.0 Å². The number of nitrogens with zero attached hydrogens (tertiary/aromatic N) is 4. The molecular formula is C20H33N5O4S. The summed E-state index contributed by atoms with van der Waals surface area (Å²) in [5, 5.41) is 0.0430. The molecule has 1 saturated carbocycles. The molecule has 1 aromatic rings. The number of aryl methyl sites for hydroxylation is 1. The highest BCUT2D eigenvalue weighted by Crippen LogP contribution is 2.32. The second-order valence-electron chi connectivity index (χ2n) is 8.71. The van der Waals surface area contributed by atoms with Gasteiger partial charge in [-0.1, -0.05) is 0 Å². The monoisotopic (exact) mass is 439 g/mol. The molecule has 1 aliphatic carbocycles. The van der Waals surface area contributed by atoms with Crippen LogP contribution in [0.25, 0.3) is 0 Å². The first-order valence-electron chi connectivity index (χ1n) is 11.0. The minimum Gasteiger partial charge on any atom is -0.381 e. The molecule has 1 atom stereocenters. The van der Waals surface area contributed by atoms with E-state index in [1.165, 1.54) is 12.5 Å². The van der Waals surface area contributed by atoms with Gasteiger partial charge in [-0.3, -0.25) is 9.69 Å². The van der Waals surface area contributed by atoms with Crippen LogP contribution in [-0.2, 0) is 26.6 Å². The van der Waals surface area contributed by atoms with Gasteiger partial charge in [-0.15, -0.1) is 0 Å². The molecule has 1 unspecified atom stereocenters. The van der Waals surface area contributed by atoms with E-state index >= 15 is 0 Å². The fraction of sp³-hybridized carbons (Fsp3) is 0.800. The highest BCUT2D eigenvalue weighted by atomic mass is 32.2. The summed E-state index contributed by atoms with van der Waals surface area (Å²) in [6.45, 7) is 4.01. The van der Waals surface area contributed by atoms with Gasteiger partial charge in [0.25, 0.3) is 10.0 Å². The van der Waals surface area contributed by atoms with E-state index in [9.17, 15) is 13.2 Å². The summed E-state index contributed by atoms with van der Waals surface area (Å²) >= 11 is 0. The number of ether oxygens (including phenoxy) is 1. The zero-order valence-electron chi connectivity index (χ0n) is 17.7. The maximum atomic E-state index is 12.6. The number of rotatable bonds is 8. The molecular weight excluding hydrogens is 406 g/mol. The van der Waals surface area contributed by atoms with E-state index in [1.807, 2.05) is 4.90 Å². The van der Waals surface area contributed by atoms with Gasteiger partial charge in [0.15, 0.2) is 5.03 Å². The smallest absolute Gasteiger partial charge is 0.259 e. The van der Waals surface area contributed by atoms with Crippen molar-refractivity contribution in [3.05, 3.63) is 12.5 Å². The van der Waals surface area contributed by atoms with E-state index < -0.39 is 10.0 Å². The normalized spacial score (nSPS) is 23.8. The molecule has 0 bridgehead atoms. The summed E-state index contributed by atoms with van der Waals surface area (Å²) in [7, 11) is -1.87. The van der Waals surface area contributed by atoms with Crippen molar-refractivity contribution in [2.75, 3.05) is 39.4 Å². The lowest BCUT2D eigenvalue weighted by molar-refractivity contribution is -0.135. The van der Waals surface area contributed by atoms with E-state index in [0.29, 0.717) is 25.0 Å². The molecule has 9 nitrogen and oxygen atoms in total. The number of imidazole rings is 1. The average molecular weight is 440 g/mol. The molecule has 2 saturated heterocycles. The van der Waals surface area contributed by atoms with Crippen molar-refractivity contribution in [3.8, 4) is 0 Å². The largest absolute Gasteiger partial charge is 0.381 e. The average Bonchev–Trinajstić information content (AvgIpc) is 3.51. The van der Waals surface area contributed by atoms with Crippen molar-refractivity contribution >= 4 is 15.9 Å². The van der Waals surface area contributed by atoms with Crippen LogP contribution in [0.1, 0.15) is 38.5 Å². The first-order chi connectivity index (χ1) is 14.4. The minimum absolute atomic E-state index is 0.0430. The number of carbonyl (C=O) groups excluding carboxylic acids is 1. The fourth-order valence-corrected chi connectivity index (χ4v) is 5.60. The lowest BCUT2D eigenvalue weighted by Gasteiger charge is -2.44. The Morgan fingerprint density at radius 3 is 2.67 bits per heavy atom. The number of amides is 1. The molecule has 0 spiro atoms. The Labute approximate surface area is 178 Å². The summed E-state index contributed by atoms with van der Waals surface area (Å²) < 4.78 is 34.9. The number of carbonyl (C=O) groups is 1. The third-order valence-corrected chi connectivity index (χ3v) is 7.73. The minimum atomic E-state index is -3.62. The molecule has 10 heteroatoms. The van der Waals surface area contributed by atoms with Crippen LogP contribution in [0.2, 0.25) is 0 Å². The first-order valence-corrected chi connectivity index (χ1v) is 12.5. The van der Waals surface area contributed by atoms with Crippen LogP contribution in [-0.4, -0.2) is 85.2 Å². The van der Waals surface area contributed by atoms with Crippen molar-refractivity contribution in [2.45, 2.75) is 55.6 Å². The molecule has 3 heterocycles. The Morgan fingerprint density at radius 1 is 1.23 bits per heavy atom. The Bertz CT molecular complexity index is 832. The van der Waals surface area contributed by atoms with Crippen molar-refractivity contribution < 1.29 is 17.9 Å². The molecule has 4 rings (SSSR count). The molecule has 3 aliphatic rings. The third kappa shape index (κ3) is 5.22. The predicted molar refractivity (Wildman–Crippen MR) is 111 cm³/mol. The van der Waals surface area contributed by atoms with Crippen LogP contribution in [0, 0.1) is 5.92 Å². The lowest BCUT2D eigenvalue weighted by atomic mass is 9.98. The molecule has 168 valence electrons. The number of hydrogen-bond donors (Lipinski definition) is 1. The van der Waals surface area contributed by atoms with Crippen molar-refractivity contribution in [1.82, 2.24) is 24.1 Å². The van der Waals surface area contributed by atoms with E-state index in [-0.39, 0.29) is 17.0 Å². The van der Waals surface area contributed by atoms with Gasteiger partial charge in [-0.2, -0.15) is 0 Å². The standard InChI is InChI=1S/C20H33N5O4S/c1-23-14-19(21-15-23)30(27,28)22-8-10-25(17-6-11-29-12-7-17)18-3-2-9-24(13-18)20(26)16-4-5-16/h14-18,22H,2-13H2,1H3. The van der Waals surface area contributed by atoms with Gasteiger partial charge in [0.1, 0.15) is 0 Å². The predicted octanol–water partition coefficient (Wildman–Crippen LogP) is 0.580. The van der Waals surface area contributed by atoms with Crippen LogP contribution in [0.4, 0.5) is 0 Å². The number of nitrogens with one attached hydrogen (secondary N) is 1. The second-order valence-corrected chi connectivity index (χ2v) is 10.4. The quantitative estimate of drug-likeness (QED) is 0.637. The summed E-state index contributed by atoms with van der Waals surface area (Å²) in [4.78, 5) is 21.0. The van der Waals surface area contributed by atoms with E-state index in [2.05, 4.69) is 14.6 Å². The van der Waals surface area contributed by atoms with E-state index in [4.69, 9.17) is 4.74 Å². The van der Waals surface area contributed by atoms with Gasteiger partial charge < -0.3 is 14.2 Å². The first kappa shape index (κ1) is 21.7. The molecule has 1 amide bonds. The van der Waals surface area contributed by atoms with Gasteiger partial charge in [-0.25, -0.2) is 18.1 Å². The van der Waals surface area contributed by atoms with Crippen LogP contribution >= 0.6 is 0 Å². The summed E-state index contributed by atoms with van der Waals surface area (Å²) in [5.74, 6) is 0.549. The number of hydrogen-bond acceptors (Lipinski definition) is 6. The molecule has 30 heavy (non-hydrogen) atoms. The Kier molecular flexibility index (Phi) is 6.76. The Morgan fingerprint density at radius 2 is 2.00 bits per heavy atom. The molecule has 3 fully saturated rings. The maximum Gasteiger partial charge on any atom is 0.259 e. The van der Waals surface area contributed by atoms with E-state index in [0.717, 1.165) is 64.8 Å².